The molecule has 72 valence electrons. The normalized spacial score (nSPS) is 10.6. The summed E-state index contributed by atoms with van der Waals surface area (Å²) in [6.45, 7) is 0. The lowest BCUT2D eigenvalue weighted by Gasteiger charge is -2.18. The first-order chi connectivity index (χ1) is 6.04. The van der Waals surface area contributed by atoms with Crippen molar-refractivity contribution < 1.29 is 0 Å². The molecular formula is C6H3Cl5N2. The summed E-state index contributed by atoms with van der Waals surface area (Å²) in [5.41, 5.74) is 0.404. The van der Waals surface area contributed by atoms with Gasteiger partial charge in [-0.1, -0.05) is 29.3 Å². The minimum Gasteiger partial charge on any atom is -0.184 e. The SMILES string of the molecule is Clc1cccc(N(Cl)N(Cl)Cl)c1Cl. The van der Waals surface area contributed by atoms with Gasteiger partial charge in [-0.15, -0.1) is 0 Å². The van der Waals surface area contributed by atoms with Crippen LogP contribution in [0.4, 0.5) is 5.69 Å². The Morgan fingerprint density at radius 1 is 1.00 bits per heavy atom. The molecule has 0 unspecified atom stereocenters. The van der Waals surface area contributed by atoms with E-state index in [0.717, 1.165) is 4.53 Å². The summed E-state index contributed by atoms with van der Waals surface area (Å²) in [7, 11) is 0. The molecule has 0 aromatic heterocycles. The molecule has 7 heteroatoms. The fourth-order valence-corrected chi connectivity index (χ4v) is 1.44. The maximum Gasteiger partial charge on any atom is 0.0936 e. The molecule has 0 saturated carbocycles. The van der Waals surface area contributed by atoms with Crippen LogP contribution in [-0.2, 0) is 0 Å². The molecule has 1 aromatic carbocycles. The van der Waals surface area contributed by atoms with Crippen molar-refractivity contribution in [1.82, 2.24) is 4.05 Å². The lowest BCUT2D eigenvalue weighted by atomic mass is 10.3. The van der Waals surface area contributed by atoms with Crippen molar-refractivity contribution in [2.45, 2.75) is 0 Å². The zero-order valence-corrected chi connectivity index (χ0v) is 9.80. The van der Waals surface area contributed by atoms with Crippen LogP contribution >= 0.6 is 58.5 Å². The van der Waals surface area contributed by atoms with Gasteiger partial charge in [0.1, 0.15) is 0 Å². The van der Waals surface area contributed by atoms with E-state index < -0.39 is 0 Å². The molecule has 0 bridgehead atoms. The molecule has 2 nitrogen and oxygen atoms in total. The predicted molar refractivity (Wildman–Crippen MR) is 58.3 cm³/mol. The Labute approximate surface area is 101 Å². The summed E-state index contributed by atoms with van der Waals surface area (Å²) < 4.78 is 1.57. The molecule has 0 atom stereocenters. The fraction of sp³-hybridized carbons (Fsp3) is 0. The van der Waals surface area contributed by atoms with Gasteiger partial charge in [-0.2, -0.15) is 4.53 Å². The van der Waals surface area contributed by atoms with E-state index in [2.05, 4.69) is 0 Å². The average Bonchev–Trinajstić information content (AvgIpc) is 2.08. The summed E-state index contributed by atoms with van der Waals surface area (Å²) in [5.74, 6) is 0. The minimum absolute atomic E-state index is 0.283. The molecule has 0 saturated heterocycles. The second-order valence-electron chi connectivity index (χ2n) is 2.05. The number of hydrogen-bond acceptors (Lipinski definition) is 2. The molecule has 0 aliphatic rings. The maximum atomic E-state index is 5.83. The first-order valence-corrected chi connectivity index (χ1v) is 4.82. The molecule has 0 radical (unpaired) electrons. The van der Waals surface area contributed by atoms with E-state index in [1.807, 2.05) is 0 Å². The summed E-state index contributed by atoms with van der Waals surface area (Å²) >= 11 is 28.0. The first kappa shape index (κ1) is 11.5. The Kier molecular flexibility index (Phi) is 4.23. The van der Waals surface area contributed by atoms with E-state index in [0.29, 0.717) is 14.8 Å². The van der Waals surface area contributed by atoms with E-state index in [1.165, 1.54) is 0 Å². The number of hydrazine groups is 1. The van der Waals surface area contributed by atoms with Crippen LogP contribution in [0.2, 0.25) is 10.0 Å². The number of benzene rings is 1. The maximum absolute atomic E-state index is 5.83. The van der Waals surface area contributed by atoms with Crippen molar-refractivity contribution >= 4 is 64.2 Å². The van der Waals surface area contributed by atoms with Crippen molar-refractivity contribution in [2.75, 3.05) is 4.53 Å². The fourth-order valence-electron chi connectivity index (χ4n) is 0.716. The van der Waals surface area contributed by atoms with E-state index in [-0.39, 0.29) is 5.02 Å². The zero-order valence-electron chi connectivity index (χ0n) is 6.02. The molecule has 0 aliphatic heterocycles. The van der Waals surface area contributed by atoms with Crippen LogP contribution in [0.3, 0.4) is 0 Å². The van der Waals surface area contributed by atoms with Gasteiger partial charge in [0, 0.05) is 35.3 Å². The highest BCUT2D eigenvalue weighted by atomic mass is 35.5. The highest BCUT2D eigenvalue weighted by molar-refractivity contribution is 6.46. The molecule has 0 amide bonds. The molecule has 0 heterocycles. The summed E-state index contributed by atoms with van der Waals surface area (Å²) in [6, 6.07) is 4.93. The topological polar surface area (TPSA) is 6.48 Å². The Morgan fingerprint density at radius 3 is 2.15 bits per heavy atom. The molecule has 0 aliphatic carbocycles. The second kappa shape index (κ2) is 4.78. The van der Waals surface area contributed by atoms with Crippen LogP contribution < -0.4 is 4.53 Å². The van der Waals surface area contributed by atoms with Gasteiger partial charge in [-0.3, -0.25) is 0 Å². The molecule has 13 heavy (non-hydrogen) atoms. The van der Waals surface area contributed by atoms with Crippen molar-refractivity contribution in [3.05, 3.63) is 28.2 Å². The van der Waals surface area contributed by atoms with Gasteiger partial charge in [-0.05, 0) is 16.2 Å². The predicted octanol–water partition coefficient (Wildman–Crippen LogP) is 4.48. The zero-order chi connectivity index (χ0) is 10.0. The van der Waals surface area contributed by atoms with Crippen LogP contribution in [0, 0.1) is 0 Å². The van der Waals surface area contributed by atoms with Gasteiger partial charge < -0.3 is 0 Å². The third-order valence-electron chi connectivity index (χ3n) is 1.26. The quantitative estimate of drug-likeness (QED) is 0.582. The smallest absolute Gasteiger partial charge is 0.0936 e. The third kappa shape index (κ3) is 2.69. The molecule has 0 fully saturated rings. The standard InChI is InChI=1S/C6H3Cl5N2/c7-4-2-1-3-5(6(4)8)12(9)13(10)11/h1-3H. The van der Waals surface area contributed by atoms with E-state index in [4.69, 9.17) is 58.5 Å². The second-order valence-corrected chi connectivity index (χ2v) is 3.97. The number of nitrogens with zero attached hydrogens (tertiary/aromatic N) is 2. The van der Waals surface area contributed by atoms with Crippen LogP contribution in [-0.4, -0.2) is 4.05 Å². The van der Waals surface area contributed by atoms with Crippen LogP contribution in [0.5, 0.6) is 0 Å². The first-order valence-electron chi connectivity index (χ1n) is 3.05. The van der Waals surface area contributed by atoms with Crippen LogP contribution in [0.25, 0.3) is 0 Å². The van der Waals surface area contributed by atoms with Crippen molar-refractivity contribution in [3.8, 4) is 0 Å². The lowest BCUT2D eigenvalue weighted by Crippen LogP contribution is -2.18. The van der Waals surface area contributed by atoms with E-state index in [1.54, 1.807) is 18.2 Å². The molecule has 0 N–H and O–H groups in total. The van der Waals surface area contributed by atoms with Crippen LogP contribution in [0.1, 0.15) is 0 Å². The van der Waals surface area contributed by atoms with Gasteiger partial charge in [0.05, 0.1) is 15.7 Å². The molecule has 0 spiro atoms. The molecular weight excluding hydrogens is 277 g/mol. The number of halogens is 5. The largest absolute Gasteiger partial charge is 0.184 e. The summed E-state index contributed by atoms with van der Waals surface area (Å²) in [4.78, 5) is 0. The third-order valence-corrected chi connectivity index (χ3v) is 2.86. The molecule has 1 aromatic rings. The Bertz CT molecular complexity index is 303. The van der Waals surface area contributed by atoms with Gasteiger partial charge in [0.25, 0.3) is 0 Å². The average molecular weight is 280 g/mol. The van der Waals surface area contributed by atoms with E-state index in [9.17, 15) is 0 Å². The minimum atomic E-state index is 0.283. The van der Waals surface area contributed by atoms with Gasteiger partial charge >= 0.3 is 0 Å². The number of rotatable bonds is 2. The van der Waals surface area contributed by atoms with Crippen LogP contribution in [0.15, 0.2) is 18.2 Å². The number of anilines is 1. The van der Waals surface area contributed by atoms with Crippen molar-refractivity contribution in [3.63, 3.8) is 0 Å². The van der Waals surface area contributed by atoms with Crippen molar-refractivity contribution in [1.29, 1.82) is 0 Å². The summed E-state index contributed by atoms with van der Waals surface area (Å²) in [6.07, 6.45) is 0. The highest BCUT2D eigenvalue weighted by Gasteiger charge is 2.14. The van der Waals surface area contributed by atoms with Gasteiger partial charge in [0.15, 0.2) is 0 Å². The van der Waals surface area contributed by atoms with E-state index >= 15 is 0 Å². The molecule has 1 rings (SSSR count). The van der Waals surface area contributed by atoms with Crippen molar-refractivity contribution in [2.24, 2.45) is 0 Å². The Morgan fingerprint density at radius 2 is 1.62 bits per heavy atom. The van der Waals surface area contributed by atoms with Gasteiger partial charge in [0.2, 0.25) is 0 Å². The highest BCUT2D eigenvalue weighted by Crippen LogP contribution is 2.34. The Balaban J connectivity index is 3.07. The summed E-state index contributed by atoms with van der Waals surface area (Å²) in [5, 5.41) is 0.658. The van der Waals surface area contributed by atoms with Gasteiger partial charge in [-0.25, -0.2) is 0 Å². The Hall–Kier alpha value is 0.430. The lowest BCUT2D eigenvalue weighted by molar-refractivity contribution is 0.771. The number of hydrogen-bond donors (Lipinski definition) is 0. The monoisotopic (exact) mass is 278 g/mol.